The van der Waals surface area contributed by atoms with Crippen molar-refractivity contribution in [2.45, 2.75) is 20.4 Å². The minimum absolute atomic E-state index is 0.0663. The van der Waals surface area contributed by atoms with Crippen molar-refractivity contribution in [1.82, 2.24) is 5.32 Å². The Morgan fingerprint density at radius 2 is 2.19 bits per heavy atom. The van der Waals surface area contributed by atoms with Crippen molar-refractivity contribution < 1.29 is 4.79 Å². The highest BCUT2D eigenvalue weighted by molar-refractivity contribution is 7.10. The SMILES string of the molecule is CCNC(=O)c1ccc(C)c(NCc2cc(C#N)cs2)c1. The van der Waals surface area contributed by atoms with E-state index < -0.39 is 0 Å². The summed E-state index contributed by atoms with van der Waals surface area (Å²) < 4.78 is 0. The van der Waals surface area contributed by atoms with Gasteiger partial charge in [-0.05, 0) is 37.6 Å². The Kier molecular flexibility index (Phi) is 4.96. The van der Waals surface area contributed by atoms with Crippen molar-refractivity contribution in [3.8, 4) is 6.07 Å². The first-order chi connectivity index (χ1) is 10.1. The summed E-state index contributed by atoms with van der Waals surface area (Å²) in [6.07, 6.45) is 0. The van der Waals surface area contributed by atoms with E-state index in [-0.39, 0.29) is 5.91 Å². The Morgan fingerprint density at radius 3 is 2.86 bits per heavy atom. The average Bonchev–Trinajstić information content (AvgIpc) is 2.94. The van der Waals surface area contributed by atoms with Crippen molar-refractivity contribution in [3.05, 3.63) is 51.2 Å². The van der Waals surface area contributed by atoms with Crippen molar-refractivity contribution in [2.24, 2.45) is 0 Å². The summed E-state index contributed by atoms with van der Waals surface area (Å²) in [5.74, 6) is -0.0663. The summed E-state index contributed by atoms with van der Waals surface area (Å²) >= 11 is 1.55. The Balaban J connectivity index is 2.10. The number of benzene rings is 1. The van der Waals surface area contributed by atoms with Gasteiger partial charge in [0.1, 0.15) is 6.07 Å². The second kappa shape index (κ2) is 6.91. The van der Waals surface area contributed by atoms with Crippen LogP contribution >= 0.6 is 11.3 Å². The number of amides is 1. The molecule has 1 heterocycles. The van der Waals surface area contributed by atoms with Gasteiger partial charge in [-0.2, -0.15) is 5.26 Å². The molecule has 1 amide bonds. The summed E-state index contributed by atoms with van der Waals surface area (Å²) in [5, 5.41) is 16.8. The van der Waals surface area contributed by atoms with Gasteiger partial charge in [0.05, 0.1) is 5.56 Å². The van der Waals surface area contributed by atoms with Gasteiger partial charge in [0.25, 0.3) is 5.91 Å². The van der Waals surface area contributed by atoms with Crippen LogP contribution in [0.1, 0.15) is 33.3 Å². The Morgan fingerprint density at radius 1 is 1.38 bits per heavy atom. The molecule has 1 aromatic carbocycles. The van der Waals surface area contributed by atoms with Gasteiger partial charge in [0.2, 0.25) is 0 Å². The van der Waals surface area contributed by atoms with E-state index in [9.17, 15) is 4.79 Å². The molecule has 2 aromatic rings. The molecule has 4 nitrogen and oxygen atoms in total. The number of hydrogen-bond donors (Lipinski definition) is 2. The van der Waals surface area contributed by atoms with Crippen LogP contribution in [-0.2, 0) is 6.54 Å². The zero-order valence-corrected chi connectivity index (χ0v) is 12.9. The molecule has 21 heavy (non-hydrogen) atoms. The third-order valence-electron chi connectivity index (χ3n) is 3.07. The van der Waals surface area contributed by atoms with Crippen LogP contribution in [0, 0.1) is 18.3 Å². The number of carbonyl (C=O) groups is 1. The Labute approximate surface area is 128 Å². The number of anilines is 1. The molecule has 2 rings (SSSR count). The van der Waals surface area contributed by atoms with Crippen molar-refractivity contribution in [3.63, 3.8) is 0 Å². The lowest BCUT2D eigenvalue weighted by atomic mass is 10.1. The predicted octanol–water partition coefficient (Wildman–Crippen LogP) is 3.29. The number of carbonyl (C=O) groups excluding carboxylic acids is 1. The Bertz CT molecular complexity index is 685. The van der Waals surface area contributed by atoms with Crippen molar-refractivity contribution >= 4 is 22.9 Å². The van der Waals surface area contributed by atoms with Gasteiger partial charge in [0, 0.05) is 34.6 Å². The molecule has 0 saturated heterocycles. The van der Waals surface area contributed by atoms with E-state index in [4.69, 9.17) is 5.26 Å². The predicted molar refractivity (Wildman–Crippen MR) is 85.5 cm³/mol. The van der Waals surface area contributed by atoms with Crippen LogP contribution in [0.5, 0.6) is 0 Å². The summed E-state index contributed by atoms with van der Waals surface area (Å²) in [4.78, 5) is 12.9. The molecule has 2 N–H and O–H groups in total. The van der Waals surface area contributed by atoms with Gasteiger partial charge in [-0.25, -0.2) is 0 Å². The lowest BCUT2D eigenvalue weighted by Crippen LogP contribution is -2.22. The maximum Gasteiger partial charge on any atom is 0.251 e. The molecule has 0 atom stereocenters. The Hall–Kier alpha value is -2.32. The van der Waals surface area contributed by atoms with Crippen LogP contribution in [0.4, 0.5) is 5.69 Å². The lowest BCUT2D eigenvalue weighted by Gasteiger charge is -2.11. The minimum atomic E-state index is -0.0663. The summed E-state index contributed by atoms with van der Waals surface area (Å²) in [6, 6.07) is 9.62. The topological polar surface area (TPSA) is 64.9 Å². The van der Waals surface area contributed by atoms with Crippen LogP contribution < -0.4 is 10.6 Å². The van der Waals surface area contributed by atoms with E-state index in [0.717, 1.165) is 16.1 Å². The number of nitrogens with zero attached hydrogens (tertiary/aromatic N) is 1. The molecular formula is C16H17N3OS. The summed E-state index contributed by atoms with van der Waals surface area (Å²) in [5.41, 5.74) is 3.35. The molecule has 5 heteroatoms. The van der Waals surface area contributed by atoms with Crippen molar-refractivity contribution in [2.75, 3.05) is 11.9 Å². The number of aryl methyl sites for hydroxylation is 1. The van der Waals surface area contributed by atoms with Crippen LogP contribution in [0.15, 0.2) is 29.6 Å². The van der Waals surface area contributed by atoms with Gasteiger partial charge >= 0.3 is 0 Å². The zero-order valence-electron chi connectivity index (χ0n) is 12.1. The second-order valence-corrected chi connectivity index (χ2v) is 5.65. The van der Waals surface area contributed by atoms with Gasteiger partial charge in [-0.1, -0.05) is 6.07 Å². The first-order valence-electron chi connectivity index (χ1n) is 6.74. The highest BCUT2D eigenvalue weighted by Crippen LogP contribution is 2.20. The number of thiophene rings is 1. The number of nitrogens with one attached hydrogen (secondary N) is 2. The largest absolute Gasteiger partial charge is 0.380 e. The molecule has 1 aromatic heterocycles. The summed E-state index contributed by atoms with van der Waals surface area (Å²) in [6.45, 7) is 5.15. The molecular weight excluding hydrogens is 282 g/mol. The molecule has 0 saturated carbocycles. The van der Waals surface area contributed by atoms with Crippen LogP contribution in [-0.4, -0.2) is 12.5 Å². The zero-order chi connectivity index (χ0) is 15.2. The molecule has 0 aliphatic carbocycles. The van der Waals surface area contributed by atoms with Gasteiger partial charge in [0.15, 0.2) is 0 Å². The maximum absolute atomic E-state index is 11.9. The number of rotatable bonds is 5. The molecule has 108 valence electrons. The van der Waals surface area contributed by atoms with Gasteiger partial charge in [-0.3, -0.25) is 4.79 Å². The van der Waals surface area contributed by atoms with E-state index in [1.807, 2.05) is 43.5 Å². The molecule has 0 unspecified atom stereocenters. The highest BCUT2D eigenvalue weighted by atomic mass is 32.1. The van der Waals surface area contributed by atoms with E-state index in [2.05, 4.69) is 16.7 Å². The molecule has 0 radical (unpaired) electrons. The fourth-order valence-corrected chi connectivity index (χ4v) is 2.68. The van der Waals surface area contributed by atoms with Crippen LogP contribution in [0.2, 0.25) is 0 Å². The van der Waals surface area contributed by atoms with E-state index in [1.54, 1.807) is 11.3 Å². The quantitative estimate of drug-likeness (QED) is 0.890. The fraction of sp³-hybridized carbons (Fsp3) is 0.250. The highest BCUT2D eigenvalue weighted by Gasteiger charge is 2.07. The first kappa shape index (κ1) is 15.1. The molecule has 0 bridgehead atoms. The average molecular weight is 299 g/mol. The van der Waals surface area contributed by atoms with Crippen molar-refractivity contribution in [1.29, 1.82) is 5.26 Å². The standard InChI is InChI=1S/C16H17N3OS/c1-3-18-16(20)13-5-4-11(2)15(7-13)19-9-14-6-12(8-17)10-21-14/h4-7,10,19H,3,9H2,1-2H3,(H,18,20). The lowest BCUT2D eigenvalue weighted by molar-refractivity contribution is 0.0956. The van der Waals surface area contributed by atoms with Gasteiger partial charge in [-0.15, -0.1) is 11.3 Å². The van der Waals surface area contributed by atoms with E-state index in [1.165, 1.54) is 0 Å². The summed E-state index contributed by atoms with van der Waals surface area (Å²) in [7, 11) is 0. The van der Waals surface area contributed by atoms with Crippen LogP contribution in [0.25, 0.3) is 0 Å². The van der Waals surface area contributed by atoms with Gasteiger partial charge < -0.3 is 10.6 Å². The molecule has 0 spiro atoms. The third kappa shape index (κ3) is 3.83. The number of hydrogen-bond acceptors (Lipinski definition) is 4. The first-order valence-corrected chi connectivity index (χ1v) is 7.62. The maximum atomic E-state index is 11.9. The smallest absolute Gasteiger partial charge is 0.251 e. The molecule has 0 aliphatic rings. The second-order valence-electron chi connectivity index (χ2n) is 4.66. The van der Waals surface area contributed by atoms with E-state index in [0.29, 0.717) is 24.2 Å². The minimum Gasteiger partial charge on any atom is -0.380 e. The fourth-order valence-electron chi connectivity index (χ4n) is 1.93. The normalized spacial score (nSPS) is 9.95. The molecule has 0 aliphatic heterocycles. The third-order valence-corrected chi connectivity index (χ3v) is 4.01. The van der Waals surface area contributed by atoms with E-state index >= 15 is 0 Å². The van der Waals surface area contributed by atoms with Crippen LogP contribution in [0.3, 0.4) is 0 Å². The molecule has 0 fully saturated rings. The number of nitriles is 1. The monoisotopic (exact) mass is 299 g/mol.